The van der Waals surface area contributed by atoms with E-state index in [0.717, 1.165) is 25.0 Å². The maximum atomic E-state index is 13.0. The van der Waals surface area contributed by atoms with Crippen molar-refractivity contribution in [2.24, 2.45) is 0 Å². The summed E-state index contributed by atoms with van der Waals surface area (Å²) in [6.45, 7) is -0.218. The Morgan fingerprint density at radius 3 is 2.57 bits per heavy atom. The lowest BCUT2D eigenvalue weighted by Gasteiger charge is -2.22. The van der Waals surface area contributed by atoms with E-state index in [4.69, 9.17) is 0 Å². The molecule has 0 bridgehead atoms. The minimum absolute atomic E-state index is 0.218. The third-order valence-electron chi connectivity index (χ3n) is 3.53. The molecule has 0 atom stereocenters. The van der Waals surface area contributed by atoms with Crippen molar-refractivity contribution >= 4 is 15.7 Å². The summed E-state index contributed by atoms with van der Waals surface area (Å²) in [6, 6.07) is 2.24. The number of nitrogens with one attached hydrogen (secondary N) is 1. The maximum Gasteiger partial charge on any atom is 0.292 e. The van der Waals surface area contributed by atoms with Crippen molar-refractivity contribution in [3.63, 3.8) is 0 Å². The van der Waals surface area contributed by atoms with Gasteiger partial charge in [0.1, 0.15) is 5.82 Å². The van der Waals surface area contributed by atoms with Crippen LogP contribution in [0, 0.1) is 15.9 Å². The number of hydrogen-bond acceptors (Lipinski definition) is 5. The molecule has 1 saturated carbocycles. The first-order valence-corrected chi connectivity index (χ1v) is 7.88. The van der Waals surface area contributed by atoms with Gasteiger partial charge in [0, 0.05) is 6.54 Å². The van der Waals surface area contributed by atoms with Crippen LogP contribution in [0.25, 0.3) is 0 Å². The van der Waals surface area contributed by atoms with Gasteiger partial charge in [-0.05, 0) is 25.0 Å². The summed E-state index contributed by atoms with van der Waals surface area (Å²) in [7, 11) is -4.20. The number of nitro benzene ring substituents is 1. The molecular formula is C12H15FN2O5S. The predicted molar refractivity (Wildman–Crippen MR) is 71.7 cm³/mol. The van der Waals surface area contributed by atoms with Crippen molar-refractivity contribution in [3.05, 3.63) is 34.1 Å². The molecule has 0 aliphatic heterocycles. The summed E-state index contributed by atoms with van der Waals surface area (Å²) in [4.78, 5) is 9.27. The molecule has 0 spiro atoms. The molecule has 0 unspecified atom stereocenters. The monoisotopic (exact) mass is 318 g/mol. The molecule has 116 valence electrons. The van der Waals surface area contributed by atoms with E-state index in [-0.39, 0.29) is 6.54 Å². The van der Waals surface area contributed by atoms with Crippen LogP contribution in [-0.4, -0.2) is 30.6 Å². The first kappa shape index (κ1) is 15.8. The fraction of sp³-hybridized carbons (Fsp3) is 0.500. The Kier molecular flexibility index (Phi) is 4.26. The zero-order valence-electron chi connectivity index (χ0n) is 11.1. The van der Waals surface area contributed by atoms with Gasteiger partial charge < -0.3 is 5.11 Å². The minimum atomic E-state index is -4.20. The van der Waals surface area contributed by atoms with E-state index >= 15 is 0 Å². The molecule has 9 heteroatoms. The minimum Gasteiger partial charge on any atom is -0.389 e. The Hall–Kier alpha value is -1.58. The second-order valence-electron chi connectivity index (χ2n) is 5.13. The zero-order valence-corrected chi connectivity index (χ0v) is 11.9. The molecule has 21 heavy (non-hydrogen) atoms. The van der Waals surface area contributed by atoms with Crippen molar-refractivity contribution in [2.75, 3.05) is 6.54 Å². The predicted octanol–water partition coefficient (Wildman–Crippen LogP) is 1.32. The summed E-state index contributed by atoms with van der Waals surface area (Å²) < 4.78 is 39.4. The van der Waals surface area contributed by atoms with Gasteiger partial charge in [-0.1, -0.05) is 12.8 Å². The SMILES string of the molecule is O=[N+]([O-])c1cc(F)ccc1S(=O)(=O)NCC1(O)CCCC1. The van der Waals surface area contributed by atoms with Crippen molar-refractivity contribution in [1.82, 2.24) is 4.72 Å². The topological polar surface area (TPSA) is 110 Å². The highest BCUT2D eigenvalue weighted by Crippen LogP contribution is 2.30. The van der Waals surface area contributed by atoms with Gasteiger partial charge >= 0.3 is 0 Å². The summed E-state index contributed by atoms with van der Waals surface area (Å²) in [5.41, 5.74) is -1.96. The van der Waals surface area contributed by atoms with Gasteiger partial charge in [-0.25, -0.2) is 17.5 Å². The normalized spacial score (nSPS) is 17.8. The molecule has 1 fully saturated rings. The average molecular weight is 318 g/mol. The summed E-state index contributed by atoms with van der Waals surface area (Å²) >= 11 is 0. The highest BCUT2D eigenvalue weighted by Gasteiger charge is 2.34. The molecule has 0 radical (unpaired) electrons. The Balaban J connectivity index is 2.25. The van der Waals surface area contributed by atoms with Crippen LogP contribution in [0.3, 0.4) is 0 Å². The summed E-state index contributed by atoms with van der Waals surface area (Å²) in [5.74, 6) is -0.893. The van der Waals surface area contributed by atoms with Gasteiger partial charge in [0.05, 0.1) is 16.6 Å². The number of benzene rings is 1. The van der Waals surface area contributed by atoms with Crippen molar-refractivity contribution < 1.29 is 22.8 Å². The van der Waals surface area contributed by atoms with Crippen LogP contribution in [0.1, 0.15) is 25.7 Å². The Morgan fingerprint density at radius 1 is 1.38 bits per heavy atom. The standard InChI is InChI=1S/C12H15FN2O5S/c13-9-3-4-11(10(7-9)15(17)18)21(19,20)14-8-12(16)5-1-2-6-12/h3-4,7,14,16H,1-2,5-6,8H2. The van der Waals surface area contributed by atoms with Crippen molar-refractivity contribution in [1.29, 1.82) is 0 Å². The Labute approximate surface area is 121 Å². The lowest BCUT2D eigenvalue weighted by Crippen LogP contribution is -2.40. The summed E-state index contributed by atoms with van der Waals surface area (Å²) in [5, 5.41) is 20.9. The average Bonchev–Trinajstić information content (AvgIpc) is 2.84. The van der Waals surface area contributed by atoms with Crippen molar-refractivity contribution in [3.8, 4) is 0 Å². The van der Waals surface area contributed by atoms with Crippen LogP contribution < -0.4 is 4.72 Å². The first-order chi connectivity index (χ1) is 9.73. The molecule has 7 nitrogen and oxygen atoms in total. The van der Waals surface area contributed by atoms with E-state index in [0.29, 0.717) is 18.9 Å². The second-order valence-corrected chi connectivity index (χ2v) is 6.86. The fourth-order valence-corrected chi connectivity index (χ4v) is 3.65. The van der Waals surface area contributed by atoms with Crippen LogP contribution in [-0.2, 0) is 10.0 Å². The number of rotatable bonds is 5. The maximum absolute atomic E-state index is 13.0. The molecule has 2 N–H and O–H groups in total. The molecule has 0 saturated heterocycles. The molecule has 0 heterocycles. The molecule has 0 amide bonds. The van der Waals surface area contributed by atoms with Crippen molar-refractivity contribution in [2.45, 2.75) is 36.2 Å². The molecule has 2 rings (SSSR count). The second kappa shape index (κ2) is 5.66. The smallest absolute Gasteiger partial charge is 0.292 e. The summed E-state index contributed by atoms with van der Waals surface area (Å²) in [6.07, 6.45) is 2.55. The van der Waals surface area contributed by atoms with E-state index < -0.39 is 36.9 Å². The van der Waals surface area contributed by atoms with Crippen LogP contribution in [0.2, 0.25) is 0 Å². The molecule has 1 aromatic carbocycles. The lowest BCUT2D eigenvalue weighted by molar-refractivity contribution is -0.388. The molecular weight excluding hydrogens is 303 g/mol. The number of sulfonamides is 1. The zero-order chi connectivity index (χ0) is 15.7. The number of aliphatic hydroxyl groups is 1. The molecule has 1 aromatic rings. The van der Waals surface area contributed by atoms with Crippen LogP contribution in [0.15, 0.2) is 23.1 Å². The van der Waals surface area contributed by atoms with Crippen LogP contribution in [0.4, 0.5) is 10.1 Å². The van der Waals surface area contributed by atoms with E-state index in [1.807, 2.05) is 0 Å². The highest BCUT2D eigenvalue weighted by molar-refractivity contribution is 7.89. The quantitative estimate of drug-likeness (QED) is 0.628. The van der Waals surface area contributed by atoms with Crippen LogP contribution >= 0.6 is 0 Å². The Bertz CT molecular complexity index is 656. The molecule has 0 aromatic heterocycles. The largest absolute Gasteiger partial charge is 0.389 e. The molecule has 1 aliphatic rings. The van der Waals surface area contributed by atoms with Gasteiger partial charge in [-0.2, -0.15) is 0 Å². The number of hydrogen-bond donors (Lipinski definition) is 2. The first-order valence-electron chi connectivity index (χ1n) is 6.40. The van der Waals surface area contributed by atoms with Gasteiger partial charge in [-0.3, -0.25) is 10.1 Å². The van der Waals surface area contributed by atoms with Gasteiger partial charge in [0.2, 0.25) is 10.0 Å². The Morgan fingerprint density at radius 2 is 2.00 bits per heavy atom. The van der Waals surface area contributed by atoms with Crippen LogP contribution in [0.5, 0.6) is 0 Å². The lowest BCUT2D eigenvalue weighted by atomic mass is 10.0. The number of nitro groups is 1. The molecule has 1 aliphatic carbocycles. The van der Waals surface area contributed by atoms with Gasteiger partial charge in [0.15, 0.2) is 4.90 Å². The van der Waals surface area contributed by atoms with Gasteiger partial charge in [0.25, 0.3) is 5.69 Å². The third kappa shape index (κ3) is 3.55. The van der Waals surface area contributed by atoms with E-state index in [1.54, 1.807) is 0 Å². The van der Waals surface area contributed by atoms with E-state index in [1.165, 1.54) is 0 Å². The van der Waals surface area contributed by atoms with Gasteiger partial charge in [-0.15, -0.1) is 0 Å². The fourth-order valence-electron chi connectivity index (χ4n) is 2.38. The van der Waals surface area contributed by atoms with E-state index in [2.05, 4.69) is 4.72 Å². The highest BCUT2D eigenvalue weighted by atomic mass is 32.2. The van der Waals surface area contributed by atoms with E-state index in [9.17, 15) is 28.0 Å². The number of halogens is 1. The number of nitrogens with zero attached hydrogens (tertiary/aromatic N) is 1. The third-order valence-corrected chi connectivity index (χ3v) is 4.98.